The van der Waals surface area contributed by atoms with Gasteiger partial charge in [-0.15, -0.1) is 0 Å². The highest BCUT2D eigenvalue weighted by atomic mass is 16.5. The van der Waals surface area contributed by atoms with Gasteiger partial charge in [-0.3, -0.25) is 4.79 Å². The predicted molar refractivity (Wildman–Crippen MR) is 102 cm³/mol. The summed E-state index contributed by atoms with van der Waals surface area (Å²) in [6, 6.07) is 9.89. The third-order valence-corrected chi connectivity index (χ3v) is 5.95. The lowest BCUT2D eigenvalue weighted by Crippen LogP contribution is -2.54. The number of likely N-dealkylation sites (tertiary alicyclic amines) is 1. The van der Waals surface area contributed by atoms with Crippen LogP contribution in [0.25, 0.3) is 11.4 Å². The van der Waals surface area contributed by atoms with E-state index in [4.69, 9.17) is 4.74 Å². The SMILES string of the molecule is Cn1c(C(=O)N2CCC3(CC2)CC(C)(O)CCO3)cnc1-c1ccccc1. The molecule has 2 fully saturated rings. The number of piperidine rings is 1. The number of imidazole rings is 1. The second kappa shape index (κ2) is 6.77. The van der Waals surface area contributed by atoms with Crippen molar-refractivity contribution < 1.29 is 14.6 Å². The minimum absolute atomic E-state index is 0.00426. The smallest absolute Gasteiger partial charge is 0.272 e. The zero-order chi connectivity index (χ0) is 19.1. The Balaban J connectivity index is 1.47. The van der Waals surface area contributed by atoms with Gasteiger partial charge in [0.1, 0.15) is 11.5 Å². The summed E-state index contributed by atoms with van der Waals surface area (Å²) < 4.78 is 7.91. The third kappa shape index (κ3) is 3.51. The maximum absolute atomic E-state index is 13.0. The number of aliphatic hydroxyl groups is 1. The van der Waals surface area contributed by atoms with Crippen molar-refractivity contribution in [3.05, 3.63) is 42.2 Å². The van der Waals surface area contributed by atoms with Gasteiger partial charge in [0.15, 0.2) is 0 Å². The second-order valence-electron chi connectivity index (χ2n) is 8.14. The van der Waals surface area contributed by atoms with Gasteiger partial charge in [0.2, 0.25) is 0 Å². The van der Waals surface area contributed by atoms with E-state index in [1.807, 2.05) is 53.8 Å². The first-order chi connectivity index (χ1) is 12.9. The van der Waals surface area contributed by atoms with Crippen molar-refractivity contribution in [3.63, 3.8) is 0 Å². The maximum atomic E-state index is 13.0. The van der Waals surface area contributed by atoms with Crippen LogP contribution in [0, 0.1) is 0 Å². The molecule has 6 heteroatoms. The van der Waals surface area contributed by atoms with Crippen molar-refractivity contribution in [2.75, 3.05) is 19.7 Å². The molecule has 1 aromatic carbocycles. The van der Waals surface area contributed by atoms with Crippen LogP contribution in [0.15, 0.2) is 36.5 Å². The first-order valence-electron chi connectivity index (χ1n) is 9.62. The topological polar surface area (TPSA) is 67.6 Å². The van der Waals surface area contributed by atoms with Crippen molar-refractivity contribution in [3.8, 4) is 11.4 Å². The van der Waals surface area contributed by atoms with Crippen LogP contribution in [0.5, 0.6) is 0 Å². The van der Waals surface area contributed by atoms with Crippen molar-refractivity contribution in [1.29, 1.82) is 0 Å². The number of aromatic nitrogens is 2. The standard InChI is InChI=1S/C21H27N3O3/c1-20(26)10-13-27-21(15-20)8-11-24(12-9-21)19(25)17-14-22-18(23(17)2)16-6-4-3-5-7-16/h3-7,14,26H,8-13,15H2,1-2H3. The highest BCUT2D eigenvalue weighted by Gasteiger charge is 2.45. The summed E-state index contributed by atoms with van der Waals surface area (Å²) in [6.45, 7) is 3.75. The number of benzene rings is 1. The van der Waals surface area contributed by atoms with Crippen molar-refractivity contribution in [2.45, 2.75) is 43.8 Å². The molecule has 27 heavy (non-hydrogen) atoms. The molecule has 1 amide bonds. The van der Waals surface area contributed by atoms with Gasteiger partial charge in [-0.05, 0) is 26.2 Å². The van der Waals surface area contributed by atoms with E-state index in [2.05, 4.69) is 4.98 Å². The largest absolute Gasteiger partial charge is 0.390 e. The molecule has 2 aromatic rings. The van der Waals surface area contributed by atoms with Crippen LogP contribution < -0.4 is 0 Å². The number of nitrogens with zero attached hydrogens (tertiary/aromatic N) is 3. The maximum Gasteiger partial charge on any atom is 0.272 e. The number of hydrogen-bond acceptors (Lipinski definition) is 4. The summed E-state index contributed by atoms with van der Waals surface area (Å²) in [5.74, 6) is 0.795. The first kappa shape index (κ1) is 18.2. The molecule has 4 rings (SSSR count). The second-order valence-corrected chi connectivity index (χ2v) is 8.14. The molecule has 2 aliphatic heterocycles. The molecular formula is C21H27N3O3. The number of carbonyl (C=O) groups excluding carboxylic acids is 1. The number of carbonyl (C=O) groups is 1. The molecule has 1 aromatic heterocycles. The van der Waals surface area contributed by atoms with Gasteiger partial charge in [0.25, 0.3) is 5.91 Å². The normalized spacial score (nSPS) is 24.9. The van der Waals surface area contributed by atoms with E-state index in [1.54, 1.807) is 6.20 Å². The van der Waals surface area contributed by atoms with Crippen LogP contribution in [0.2, 0.25) is 0 Å². The molecule has 1 N–H and O–H groups in total. The average molecular weight is 369 g/mol. The van der Waals surface area contributed by atoms with E-state index >= 15 is 0 Å². The van der Waals surface area contributed by atoms with Crippen LogP contribution >= 0.6 is 0 Å². The predicted octanol–water partition coefficient (Wildman–Crippen LogP) is 2.62. The Hall–Kier alpha value is -2.18. The van der Waals surface area contributed by atoms with Crippen molar-refractivity contribution >= 4 is 5.91 Å². The summed E-state index contributed by atoms with van der Waals surface area (Å²) in [5.41, 5.74) is 0.632. The number of rotatable bonds is 2. The van der Waals surface area contributed by atoms with E-state index in [-0.39, 0.29) is 11.5 Å². The third-order valence-electron chi connectivity index (χ3n) is 5.95. The van der Waals surface area contributed by atoms with Crippen molar-refractivity contribution in [2.24, 2.45) is 7.05 Å². The molecule has 2 saturated heterocycles. The van der Waals surface area contributed by atoms with Gasteiger partial charge >= 0.3 is 0 Å². The van der Waals surface area contributed by atoms with E-state index < -0.39 is 5.60 Å². The van der Waals surface area contributed by atoms with Crippen LogP contribution in [-0.2, 0) is 11.8 Å². The van der Waals surface area contributed by atoms with Crippen LogP contribution in [-0.4, -0.2) is 56.4 Å². The Morgan fingerprint density at radius 2 is 1.89 bits per heavy atom. The minimum Gasteiger partial charge on any atom is -0.390 e. The summed E-state index contributed by atoms with van der Waals surface area (Å²) in [7, 11) is 1.88. The summed E-state index contributed by atoms with van der Waals surface area (Å²) >= 11 is 0. The number of ether oxygens (including phenoxy) is 1. The molecule has 144 valence electrons. The minimum atomic E-state index is -0.670. The number of hydrogen-bond donors (Lipinski definition) is 1. The van der Waals surface area contributed by atoms with Crippen LogP contribution in [0.4, 0.5) is 0 Å². The fraction of sp³-hybridized carbons (Fsp3) is 0.524. The Morgan fingerprint density at radius 1 is 1.19 bits per heavy atom. The van der Waals surface area contributed by atoms with Gasteiger partial charge in [0, 0.05) is 32.1 Å². The monoisotopic (exact) mass is 369 g/mol. The van der Waals surface area contributed by atoms with Gasteiger partial charge < -0.3 is 19.3 Å². The van der Waals surface area contributed by atoms with Gasteiger partial charge in [0.05, 0.1) is 24.0 Å². The highest BCUT2D eigenvalue weighted by Crippen LogP contribution is 2.39. The fourth-order valence-electron chi connectivity index (χ4n) is 4.39. The lowest BCUT2D eigenvalue weighted by Gasteiger charge is -2.48. The Morgan fingerprint density at radius 3 is 2.56 bits per heavy atom. The van der Waals surface area contributed by atoms with Crippen molar-refractivity contribution in [1.82, 2.24) is 14.5 Å². The molecule has 3 heterocycles. The summed E-state index contributed by atoms with van der Waals surface area (Å²) in [6.07, 6.45) is 4.51. The average Bonchev–Trinajstić information content (AvgIpc) is 3.03. The quantitative estimate of drug-likeness (QED) is 0.884. The molecule has 1 spiro atoms. The van der Waals surface area contributed by atoms with E-state index in [9.17, 15) is 9.90 Å². The van der Waals surface area contributed by atoms with E-state index in [0.29, 0.717) is 38.2 Å². The van der Waals surface area contributed by atoms with Gasteiger partial charge in [-0.25, -0.2) is 4.98 Å². The Labute approximate surface area is 159 Å². The molecular weight excluding hydrogens is 342 g/mol. The lowest BCUT2D eigenvalue weighted by molar-refractivity contribution is -0.170. The van der Waals surface area contributed by atoms with E-state index in [1.165, 1.54) is 0 Å². The molecule has 1 unspecified atom stereocenters. The van der Waals surface area contributed by atoms with Gasteiger partial charge in [-0.2, -0.15) is 0 Å². The first-order valence-corrected chi connectivity index (χ1v) is 9.62. The Bertz CT molecular complexity index is 820. The zero-order valence-corrected chi connectivity index (χ0v) is 16.0. The molecule has 0 bridgehead atoms. The number of amides is 1. The molecule has 0 saturated carbocycles. The van der Waals surface area contributed by atoms with Gasteiger partial charge in [-0.1, -0.05) is 30.3 Å². The lowest BCUT2D eigenvalue weighted by atomic mass is 9.78. The molecule has 6 nitrogen and oxygen atoms in total. The highest BCUT2D eigenvalue weighted by molar-refractivity contribution is 5.93. The zero-order valence-electron chi connectivity index (χ0n) is 16.0. The summed E-state index contributed by atoms with van der Waals surface area (Å²) in [5, 5.41) is 10.4. The fourth-order valence-corrected chi connectivity index (χ4v) is 4.39. The molecule has 1 atom stereocenters. The van der Waals surface area contributed by atoms with Crippen LogP contribution in [0.3, 0.4) is 0 Å². The molecule has 2 aliphatic rings. The molecule has 0 radical (unpaired) electrons. The summed E-state index contributed by atoms with van der Waals surface area (Å²) in [4.78, 5) is 19.4. The molecule has 0 aliphatic carbocycles. The van der Waals surface area contributed by atoms with Crippen LogP contribution in [0.1, 0.15) is 43.1 Å². The van der Waals surface area contributed by atoms with E-state index in [0.717, 1.165) is 24.2 Å². The Kier molecular flexibility index (Phi) is 4.56.